The lowest BCUT2D eigenvalue weighted by Crippen LogP contribution is -2.38. The maximum atomic E-state index is 14.8. The Labute approximate surface area is 204 Å². The number of ether oxygens (including phenoxy) is 1. The second-order valence-electron chi connectivity index (χ2n) is 8.97. The van der Waals surface area contributed by atoms with Crippen LogP contribution in [0.4, 0.5) is 22.0 Å². The summed E-state index contributed by atoms with van der Waals surface area (Å²) in [7, 11) is -3.28. The molecule has 1 aromatic carbocycles. The number of rotatable bonds is 6. The van der Waals surface area contributed by atoms with E-state index in [2.05, 4.69) is 4.98 Å². The van der Waals surface area contributed by atoms with Crippen molar-refractivity contribution in [1.82, 2.24) is 14.2 Å². The van der Waals surface area contributed by atoms with Crippen LogP contribution in [-0.2, 0) is 22.7 Å². The van der Waals surface area contributed by atoms with E-state index < -0.39 is 45.4 Å². The molecular formula is C22H26F5N3O3S2. The largest absolute Gasteiger partial charge is 0.484 e. The average molecular weight is 540 g/mol. The Morgan fingerprint density at radius 2 is 1.66 bits per heavy atom. The molecule has 194 valence electrons. The fourth-order valence-corrected chi connectivity index (χ4v) is 6.22. The molecule has 0 atom stereocenters. The second kappa shape index (κ2) is 10.3. The van der Waals surface area contributed by atoms with Crippen molar-refractivity contribution < 1.29 is 35.1 Å². The Kier molecular flexibility index (Phi) is 7.70. The first-order valence-corrected chi connectivity index (χ1v) is 14.0. The minimum atomic E-state index is -4.47. The molecule has 3 heterocycles. The molecule has 0 saturated carbocycles. The van der Waals surface area contributed by atoms with E-state index >= 15 is 0 Å². The van der Waals surface area contributed by atoms with E-state index in [4.69, 9.17) is 4.74 Å². The Morgan fingerprint density at radius 3 is 2.17 bits per heavy atom. The molecule has 6 nitrogen and oxygen atoms in total. The smallest absolute Gasteiger partial charge is 0.434 e. The predicted octanol–water partition coefficient (Wildman–Crippen LogP) is 4.62. The molecule has 2 saturated heterocycles. The van der Waals surface area contributed by atoms with E-state index in [1.807, 2.05) is 4.90 Å². The van der Waals surface area contributed by atoms with Crippen LogP contribution in [-0.4, -0.2) is 61.1 Å². The number of likely N-dealkylation sites (tertiary alicyclic amines) is 1. The maximum absolute atomic E-state index is 14.8. The Balaban J connectivity index is 1.31. The molecule has 0 amide bonds. The average Bonchev–Trinajstić information content (AvgIpc) is 3.26. The molecule has 4 rings (SSSR count). The molecule has 1 aromatic heterocycles. The molecule has 2 aliphatic rings. The van der Waals surface area contributed by atoms with Gasteiger partial charge in [-0.3, -0.25) is 4.90 Å². The van der Waals surface area contributed by atoms with Gasteiger partial charge in [-0.05, 0) is 49.3 Å². The lowest BCUT2D eigenvalue weighted by Gasteiger charge is -2.32. The molecule has 2 aromatic rings. The molecule has 0 radical (unpaired) electrons. The summed E-state index contributed by atoms with van der Waals surface area (Å²) in [5.74, 6) is -2.17. The second-order valence-corrected chi connectivity index (χ2v) is 11.9. The fraction of sp³-hybridized carbons (Fsp3) is 0.591. The number of aromatic nitrogens is 1. The number of halogens is 5. The molecule has 0 N–H and O–H groups in total. The molecule has 0 bridgehead atoms. The number of nitrogens with zero attached hydrogens (tertiary/aromatic N) is 3. The zero-order valence-electron chi connectivity index (χ0n) is 19.0. The van der Waals surface area contributed by atoms with Crippen LogP contribution in [0.3, 0.4) is 0 Å². The number of alkyl halides is 3. The maximum Gasteiger partial charge on any atom is 0.434 e. The van der Waals surface area contributed by atoms with Crippen LogP contribution in [0.5, 0.6) is 5.75 Å². The van der Waals surface area contributed by atoms with Gasteiger partial charge in [0.25, 0.3) is 0 Å². The summed E-state index contributed by atoms with van der Waals surface area (Å²) < 4.78 is 98.0. The number of piperidine rings is 2. The van der Waals surface area contributed by atoms with Gasteiger partial charge in [0.2, 0.25) is 10.0 Å². The molecule has 0 spiro atoms. The van der Waals surface area contributed by atoms with E-state index in [0.717, 1.165) is 23.0 Å². The minimum Gasteiger partial charge on any atom is -0.484 e. The SMILES string of the molecule is CS(=O)(=O)N1CCC(c2cc(F)c(OC3CCN(Cc4nc(C(F)(F)F)cs4)CC3)c(F)c2)CC1. The summed E-state index contributed by atoms with van der Waals surface area (Å²) in [6, 6.07) is 2.52. The van der Waals surface area contributed by atoms with E-state index in [-0.39, 0.29) is 12.5 Å². The lowest BCUT2D eigenvalue weighted by molar-refractivity contribution is -0.140. The highest BCUT2D eigenvalue weighted by Crippen LogP contribution is 2.34. The highest BCUT2D eigenvalue weighted by Gasteiger charge is 2.34. The third kappa shape index (κ3) is 6.49. The first kappa shape index (κ1) is 26.2. The van der Waals surface area contributed by atoms with Crippen molar-refractivity contribution >= 4 is 21.4 Å². The summed E-state index contributed by atoms with van der Waals surface area (Å²) in [6.07, 6.45) is -1.83. The Morgan fingerprint density at radius 1 is 1.06 bits per heavy atom. The van der Waals surface area contributed by atoms with Crippen LogP contribution >= 0.6 is 11.3 Å². The highest BCUT2D eigenvalue weighted by molar-refractivity contribution is 7.88. The minimum absolute atomic E-state index is 0.141. The summed E-state index contributed by atoms with van der Waals surface area (Å²) >= 11 is 0.956. The summed E-state index contributed by atoms with van der Waals surface area (Å²) in [5.41, 5.74) is -0.414. The van der Waals surface area contributed by atoms with Crippen molar-refractivity contribution in [3.63, 3.8) is 0 Å². The van der Waals surface area contributed by atoms with Crippen molar-refractivity contribution in [1.29, 1.82) is 0 Å². The molecular weight excluding hydrogens is 513 g/mol. The van der Waals surface area contributed by atoms with Gasteiger partial charge in [-0.25, -0.2) is 26.5 Å². The highest BCUT2D eigenvalue weighted by atomic mass is 32.2. The van der Waals surface area contributed by atoms with Crippen LogP contribution in [0, 0.1) is 11.6 Å². The van der Waals surface area contributed by atoms with Gasteiger partial charge >= 0.3 is 6.18 Å². The lowest BCUT2D eigenvalue weighted by atomic mass is 9.90. The summed E-state index contributed by atoms with van der Waals surface area (Å²) in [5, 5.41) is 1.36. The first-order chi connectivity index (χ1) is 16.4. The van der Waals surface area contributed by atoms with Gasteiger partial charge in [-0.15, -0.1) is 11.3 Å². The van der Waals surface area contributed by atoms with Crippen LogP contribution in [0.1, 0.15) is 47.9 Å². The van der Waals surface area contributed by atoms with Crippen LogP contribution in [0.25, 0.3) is 0 Å². The zero-order valence-corrected chi connectivity index (χ0v) is 20.7. The third-order valence-corrected chi connectivity index (χ3v) is 8.57. The summed E-state index contributed by atoms with van der Waals surface area (Å²) in [4.78, 5) is 5.58. The van der Waals surface area contributed by atoms with Gasteiger partial charge in [0.15, 0.2) is 23.1 Å². The van der Waals surface area contributed by atoms with Crippen molar-refractivity contribution in [2.45, 2.75) is 50.4 Å². The number of hydrogen-bond donors (Lipinski definition) is 0. The number of sulfonamides is 1. The van der Waals surface area contributed by atoms with E-state index in [1.165, 1.54) is 16.4 Å². The van der Waals surface area contributed by atoms with Gasteiger partial charge in [-0.1, -0.05) is 0 Å². The number of benzene rings is 1. The monoisotopic (exact) mass is 539 g/mol. The van der Waals surface area contributed by atoms with Gasteiger partial charge in [0.05, 0.1) is 12.8 Å². The van der Waals surface area contributed by atoms with Gasteiger partial charge in [-0.2, -0.15) is 13.2 Å². The Bertz CT molecular complexity index is 1120. The zero-order chi connectivity index (χ0) is 25.4. The molecule has 13 heteroatoms. The van der Waals surface area contributed by atoms with Gasteiger partial charge in [0.1, 0.15) is 11.1 Å². The van der Waals surface area contributed by atoms with E-state index in [1.54, 1.807) is 0 Å². The predicted molar refractivity (Wildman–Crippen MR) is 121 cm³/mol. The molecule has 0 unspecified atom stereocenters. The van der Waals surface area contributed by atoms with Gasteiger partial charge < -0.3 is 4.74 Å². The number of hydrogen-bond acceptors (Lipinski definition) is 6. The standard InChI is InChI=1S/C22H26F5N3O3S2/c1-35(31,32)30-8-2-14(3-9-30)15-10-17(23)21(18(24)11-15)33-16-4-6-29(7-5-16)12-20-28-19(13-34-20)22(25,26)27/h10-11,13-14,16H,2-9,12H2,1H3. The van der Waals surface area contributed by atoms with Crippen LogP contribution in [0.15, 0.2) is 17.5 Å². The molecule has 0 aliphatic carbocycles. The van der Waals surface area contributed by atoms with E-state index in [0.29, 0.717) is 62.4 Å². The van der Waals surface area contributed by atoms with Crippen molar-refractivity contribution in [2.24, 2.45) is 0 Å². The van der Waals surface area contributed by atoms with Crippen LogP contribution < -0.4 is 4.74 Å². The number of thiazole rings is 1. The van der Waals surface area contributed by atoms with Gasteiger partial charge in [0, 0.05) is 31.6 Å². The fourth-order valence-electron chi connectivity index (χ4n) is 4.51. The molecule has 2 fully saturated rings. The van der Waals surface area contributed by atoms with Crippen molar-refractivity contribution in [3.05, 3.63) is 45.4 Å². The quantitative estimate of drug-likeness (QED) is 0.502. The van der Waals surface area contributed by atoms with E-state index in [9.17, 15) is 30.4 Å². The Hall–Kier alpha value is -1.83. The normalized spacial score (nSPS) is 19.8. The van der Waals surface area contributed by atoms with Crippen molar-refractivity contribution in [3.8, 4) is 5.75 Å². The molecule has 35 heavy (non-hydrogen) atoms. The van der Waals surface area contributed by atoms with Crippen molar-refractivity contribution in [2.75, 3.05) is 32.4 Å². The summed E-state index contributed by atoms with van der Waals surface area (Å²) in [6.45, 7) is 1.91. The first-order valence-electron chi connectivity index (χ1n) is 11.2. The topological polar surface area (TPSA) is 62.7 Å². The third-order valence-electron chi connectivity index (χ3n) is 6.44. The van der Waals surface area contributed by atoms with Crippen LogP contribution in [0.2, 0.25) is 0 Å². The molecule has 2 aliphatic heterocycles.